The first-order chi connectivity index (χ1) is 13.4. The van der Waals surface area contributed by atoms with Crippen molar-refractivity contribution in [3.8, 4) is 0 Å². The van der Waals surface area contributed by atoms with Crippen molar-refractivity contribution in [2.75, 3.05) is 6.61 Å². The molecule has 2 heteroatoms. The second-order valence-electron chi connectivity index (χ2n) is 9.50. The summed E-state index contributed by atoms with van der Waals surface area (Å²) in [6.45, 7) is 10.2. The zero-order chi connectivity index (χ0) is 19.8. The fourth-order valence-corrected chi connectivity index (χ4v) is 5.74. The maximum atomic E-state index is 6.19. The van der Waals surface area contributed by atoms with Crippen LogP contribution in [0, 0.1) is 5.41 Å². The van der Waals surface area contributed by atoms with Crippen LogP contribution in [-0.2, 0) is 4.43 Å². The van der Waals surface area contributed by atoms with Gasteiger partial charge in [0.2, 0.25) is 0 Å². The van der Waals surface area contributed by atoms with E-state index < -0.39 is 8.32 Å². The Hall–Kier alpha value is -1.90. The van der Waals surface area contributed by atoms with Crippen LogP contribution in [0.3, 0.4) is 0 Å². The molecule has 0 aromatic heterocycles. The molecule has 0 N–H and O–H groups in total. The second-order valence-corrected chi connectivity index (χ2v) is 14.0. The minimum atomic E-state index is -1.46. The smallest absolute Gasteiger partial charge is 0.183 e. The van der Waals surface area contributed by atoms with E-state index >= 15 is 0 Å². The molecule has 2 aliphatic carbocycles. The molecule has 0 fully saturated rings. The summed E-state index contributed by atoms with van der Waals surface area (Å²) in [5.74, 6) is 0.882. The number of hydrogen-bond donors (Lipinski definition) is 0. The Labute approximate surface area is 171 Å². The van der Waals surface area contributed by atoms with Crippen molar-refractivity contribution in [3.63, 3.8) is 0 Å². The van der Waals surface area contributed by atoms with E-state index in [0.29, 0.717) is 11.8 Å². The van der Waals surface area contributed by atoms with Crippen molar-refractivity contribution < 1.29 is 4.43 Å². The van der Waals surface area contributed by atoms with E-state index in [4.69, 9.17) is 4.43 Å². The third-order valence-corrected chi connectivity index (χ3v) is 7.48. The standard InChI is InChI=1S/C26H32OSi/c1-26(18-9-19-27-28(2,3)4,24-16-14-20-10-5-7-12-22(20)24)25-17-15-21-11-6-8-13-23(21)25/h5-8,10-17,24-25H,9,18-19H2,1-4H3. The first kappa shape index (κ1) is 19.4. The van der Waals surface area contributed by atoms with Gasteiger partial charge in [0.25, 0.3) is 0 Å². The Kier molecular flexibility index (Phi) is 5.20. The Morgan fingerprint density at radius 1 is 0.821 bits per heavy atom. The van der Waals surface area contributed by atoms with Crippen LogP contribution in [0.2, 0.25) is 19.6 Å². The van der Waals surface area contributed by atoms with E-state index in [2.05, 4.69) is 99.4 Å². The predicted molar refractivity (Wildman–Crippen MR) is 123 cm³/mol. The molecule has 146 valence electrons. The van der Waals surface area contributed by atoms with Crippen molar-refractivity contribution in [1.82, 2.24) is 0 Å². The van der Waals surface area contributed by atoms with Crippen LogP contribution in [0.25, 0.3) is 12.2 Å². The lowest BCUT2D eigenvalue weighted by molar-refractivity contribution is 0.200. The van der Waals surface area contributed by atoms with Gasteiger partial charge in [0.05, 0.1) is 0 Å². The number of fused-ring (bicyclic) bond motifs is 2. The summed E-state index contributed by atoms with van der Waals surface area (Å²) >= 11 is 0. The molecule has 28 heavy (non-hydrogen) atoms. The molecule has 4 rings (SSSR count). The lowest BCUT2D eigenvalue weighted by Crippen LogP contribution is -2.32. The molecular weight excluding hydrogens is 356 g/mol. The summed E-state index contributed by atoms with van der Waals surface area (Å²) in [4.78, 5) is 0. The van der Waals surface area contributed by atoms with E-state index in [0.717, 1.165) is 19.4 Å². The van der Waals surface area contributed by atoms with Crippen LogP contribution in [0.4, 0.5) is 0 Å². The van der Waals surface area contributed by atoms with Gasteiger partial charge >= 0.3 is 0 Å². The third kappa shape index (κ3) is 3.68. The van der Waals surface area contributed by atoms with E-state index in [1.54, 1.807) is 0 Å². The molecular formula is C26H32OSi. The van der Waals surface area contributed by atoms with Gasteiger partial charge in [0, 0.05) is 18.4 Å². The zero-order valence-electron chi connectivity index (χ0n) is 17.6. The van der Waals surface area contributed by atoms with Crippen molar-refractivity contribution in [2.24, 2.45) is 5.41 Å². The SMILES string of the molecule is CC(CCCO[Si](C)(C)C)(C1C=Cc2ccccc21)C1C=Cc2ccccc21. The minimum Gasteiger partial charge on any atom is -0.418 e. The van der Waals surface area contributed by atoms with Crippen LogP contribution in [0.15, 0.2) is 60.7 Å². The third-order valence-electron chi connectivity index (χ3n) is 6.41. The van der Waals surface area contributed by atoms with Crippen molar-refractivity contribution >= 4 is 20.5 Å². The van der Waals surface area contributed by atoms with Gasteiger partial charge < -0.3 is 4.43 Å². The highest BCUT2D eigenvalue weighted by Crippen LogP contribution is 2.56. The first-order valence-corrected chi connectivity index (χ1v) is 14.0. The zero-order valence-corrected chi connectivity index (χ0v) is 18.6. The van der Waals surface area contributed by atoms with Crippen LogP contribution in [-0.4, -0.2) is 14.9 Å². The van der Waals surface area contributed by atoms with E-state index in [1.165, 1.54) is 22.3 Å². The van der Waals surface area contributed by atoms with Crippen molar-refractivity contribution in [1.29, 1.82) is 0 Å². The predicted octanol–water partition coefficient (Wildman–Crippen LogP) is 7.25. The lowest BCUT2D eigenvalue weighted by Gasteiger charge is -2.41. The molecule has 0 spiro atoms. The molecule has 2 aromatic rings. The molecule has 1 nitrogen and oxygen atoms in total. The lowest BCUT2D eigenvalue weighted by atomic mass is 9.62. The summed E-state index contributed by atoms with van der Waals surface area (Å²) in [5.41, 5.74) is 5.86. The van der Waals surface area contributed by atoms with Gasteiger partial charge in [-0.25, -0.2) is 0 Å². The second kappa shape index (κ2) is 7.49. The number of rotatable bonds is 7. The molecule has 2 atom stereocenters. The van der Waals surface area contributed by atoms with Gasteiger partial charge in [-0.3, -0.25) is 0 Å². The molecule has 2 unspecified atom stereocenters. The van der Waals surface area contributed by atoms with Gasteiger partial charge in [-0.05, 0) is 60.2 Å². The molecule has 0 amide bonds. The maximum Gasteiger partial charge on any atom is 0.183 e. The molecule has 0 aliphatic heterocycles. The number of allylic oxidation sites excluding steroid dienone is 2. The summed E-state index contributed by atoms with van der Waals surface area (Å²) in [5, 5.41) is 0. The Bertz CT molecular complexity index is 841. The van der Waals surface area contributed by atoms with E-state index in [1.807, 2.05) is 0 Å². The summed E-state index contributed by atoms with van der Waals surface area (Å²) in [7, 11) is -1.46. The molecule has 0 radical (unpaired) electrons. The molecule has 0 saturated carbocycles. The normalized spacial score (nSPS) is 22.1. The Morgan fingerprint density at radius 2 is 1.32 bits per heavy atom. The average molecular weight is 389 g/mol. The van der Waals surface area contributed by atoms with Gasteiger partial charge in [-0.1, -0.05) is 79.8 Å². The van der Waals surface area contributed by atoms with Gasteiger partial charge in [0.1, 0.15) is 0 Å². The Balaban J connectivity index is 1.65. The molecule has 0 heterocycles. The van der Waals surface area contributed by atoms with Crippen LogP contribution in [0.1, 0.15) is 53.9 Å². The highest BCUT2D eigenvalue weighted by atomic mass is 28.4. The quantitative estimate of drug-likeness (QED) is 0.358. The van der Waals surface area contributed by atoms with Gasteiger partial charge in [0.15, 0.2) is 8.32 Å². The van der Waals surface area contributed by atoms with Crippen LogP contribution < -0.4 is 0 Å². The fourth-order valence-electron chi connectivity index (χ4n) is 4.98. The molecule has 2 aliphatic rings. The summed E-state index contributed by atoms with van der Waals surface area (Å²) < 4.78 is 6.19. The summed E-state index contributed by atoms with van der Waals surface area (Å²) in [6, 6.07) is 17.8. The topological polar surface area (TPSA) is 9.23 Å². The van der Waals surface area contributed by atoms with Crippen LogP contribution in [0.5, 0.6) is 0 Å². The van der Waals surface area contributed by atoms with Gasteiger partial charge in [-0.15, -0.1) is 0 Å². The average Bonchev–Trinajstić information content (AvgIpc) is 3.29. The molecule has 0 saturated heterocycles. The van der Waals surface area contributed by atoms with Gasteiger partial charge in [-0.2, -0.15) is 0 Å². The number of benzene rings is 2. The monoisotopic (exact) mass is 388 g/mol. The van der Waals surface area contributed by atoms with E-state index in [-0.39, 0.29) is 5.41 Å². The highest BCUT2D eigenvalue weighted by molar-refractivity contribution is 6.69. The largest absolute Gasteiger partial charge is 0.418 e. The van der Waals surface area contributed by atoms with Crippen molar-refractivity contribution in [2.45, 2.75) is 51.2 Å². The Morgan fingerprint density at radius 3 is 1.82 bits per heavy atom. The maximum absolute atomic E-state index is 6.19. The highest BCUT2D eigenvalue weighted by Gasteiger charge is 2.43. The minimum absolute atomic E-state index is 0.134. The fraction of sp³-hybridized carbons (Fsp3) is 0.385. The first-order valence-electron chi connectivity index (χ1n) is 10.6. The summed E-state index contributed by atoms with van der Waals surface area (Å²) in [6.07, 6.45) is 11.8. The molecule has 2 aromatic carbocycles. The van der Waals surface area contributed by atoms with Crippen LogP contribution >= 0.6 is 0 Å². The van der Waals surface area contributed by atoms with Crippen molar-refractivity contribution in [3.05, 3.63) is 82.9 Å². The number of hydrogen-bond acceptors (Lipinski definition) is 1. The van der Waals surface area contributed by atoms with E-state index in [9.17, 15) is 0 Å². The molecule has 0 bridgehead atoms.